The average molecular weight is 479 g/mol. The van der Waals surface area contributed by atoms with Crippen molar-refractivity contribution in [1.82, 2.24) is 4.31 Å². The first-order chi connectivity index (χ1) is 14.8. The molecule has 3 aromatic carbocycles. The van der Waals surface area contributed by atoms with Crippen molar-refractivity contribution in [2.45, 2.75) is 4.90 Å². The lowest BCUT2D eigenvalue weighted by Crippen LogP contribution is -2.40. The van der Waals surface area contributed by atoms with Gasteiger partial charge in [-0.2, -0.15) is 4.31 Å². The van der Waals surface area contributed by atoms with Crippen LogP contribution in [-0.4, -0.2) is 52.0 Å². The number of morpholine rings is 1. The van der Waals surface area contributed by atoms with Crippen molar-refractivity contribution in [2.75, 3.05) is 38.3 Å². The Bertz CT molecular complexity index is 1250. The molecule has 0 unspecified atom stereocenters. The molecule has 0 aromatic heterocycles. The summed E-state index contributed by atoms with van der Waals surface area (Å²) in [5, 5.41) is 1.94. The Hall–Kier alpha value is -2.16. The Morgan fingerprint density at radius 2 is 1.68 bits per heavy atom. The molecule has 0 saturated carbocycles. The first-order valence-electron chi connectivity index (χ1n) is 9.63. The molecular formula is C22H20Cl2N2O4S. The van der Waals surface area contributed by atoms with Crippen LogP contribution in [0.25, 0.3) is 10.8 Å². The number of hydrogen-bond donors (Lipinski definition) is 0. The van der Waals surface area contributed by atoms with Gasteiger partial charge >= 0.3 is 0 Å². The molecule has 4 rings (SSSR count). The Labute approximate surface area is 191 Å². The molecule has 0 N–H and O–H groups in total. The zero-order chi connectivity index (χ0) is 22.2. The maximum atomic E-state index is 13.3. The fourth-order valence-corrected chi connectivity index (χ4v) is 5.84. The number of amides is 1. The number of rotatable bonds is 4. The van der Waals surface area contributed by atoms with Crippen LogP contribution < -0.4 is 4.90 Å². The summed E-state index contributed by atoms with van der Waals surface area (Å²) in [4.78, 5) is 14.7. The molecule has 31 heavy (non-hydrogen) atoms. The van der Waals surface area contributed by atoms with Crippen molar-refractivity contribution in [1.29, 1.82) is 0 Å². The molecule has 0 bridgehead atoms. The van der Waals surface area contributed by atoms with Gasteiger partial charge in [-0.15, -0.1) is 0 Å². The molecule has 1 fully saturated rings. The minimum atomic E-state index is -3.90. The molecule has 0 atom stereocenters. The van der Waals surface area contributed by atoms with E-state index in [1.165, 1.54) is 21.3 Å². The second kappa shape index (κ2) is 8.76. The molecule has 3 aromatic rings. The van der Waals surface area contributed by atoms with Gasteiger partial charge in [-0.1, -0.05) is 59.6 Å². The highest BCUT2D eigenvalue weighted by molar-refractivity contribution is 7.89. The van der Waals surface area contributed by atoms with E-state index in [0.717, 1.165) is 10.8 Å². The van der Waals surface area contributed by atoms with E-state index in [-0.39, 0.29) is 33.6 Å². The van der Waals surface area contributed by atoms with E-state index in [4.69, 9.17) is 27.9 Å². The summed E-state index contributed by atoms with van der Waals surface area (Å²) in [6.45, 7) is 1.06. The number of halogens is 2. The standard InChI is InChI=1S/C22H20Cl2N2O4S/c1-25(20-8-4-6-15-5-2-3-7-16(15)20)22(27)17-13-21(19(24)14-18(17)23)31(28,29)26-9-11-30-12-10-26/h2-8,13-14H,9-12H2,1H3. The van der Waals surface area contributed by atoms with Crippen molar-refractivity contribution >= 4 is 55.6 Å². The highest BCUT2D eigenvalue weighted by Crippen LogP contribution is 2.33. The first-order valence-corrected chi connectivity index (χ1v) is 11.8. The number of nitrogens with zero attached hydrogens (tertiary/aromatic N) is 2. The number of carbonyl (C=O) groups excluding carboxylic acids is 1. The fourth-order valence-electron chi connectivity index (χ4n) is 3.61. The maximum Gasteiger partial charge on any atom is 0.259 e. The molecule has 9 heteroatoms. The van der Waals surface area contributed by atoms with Gasteiger partial charge in [0.2, 0.25) is 10.0 Å². The van der Waals surface area contributed by atoms with E-state index < -0.39 is 15.9 Å². The van der Waals surface area contributed by atoms with Gasteiger partial charge in [-0.3, -0.25) is 4.79 Å². The topological polar surface area (TPSA) is 66.9 Å². The van der Waals surface area contributed by atoms with Gasteiger partial charge in [0.1, 0.15) is 4.90 Å². The summed E-state index contributed by atoms with van der Waals surface area (Å²) in [5.41, 5.74) is 0.750. The van der Waals surface area contributed by atoms with Crippen molar-refractivity contribution in [3.8, 4) is 0 Å². The van der Waals surface area contributed by atoms with Crippen molar-refractivity contribution in [3.05, 3.63) is 70.2 Å². The molecule has 1 amide bonds. The third-order valence-electron chi connectivity index (χ3n) is 5.27. The highest BCUT2D eigenvalue weighted by Gasteiger charge is 2.30. The van der Waals surface area contributed by atoms with Crippen LogP contribution in [-0.2, 0) is 14.8 Å². The molecule has 1 aliphatic rings. The Morgan fingerprint density at radius 3 is 2.42 bits per heavy atom. The fraction of sp³-hybridized carbons (Fsp3) is 0.227. The van der Waals surface area contributed by atoms with Gasteiger partial charge in [0.05, 0.1) is 34.5 Å². The smallest absolute Gasteiger partial charge is 0.259 e. The van der Waals surface area contributed by atoms with E-state index in [0.29, 0.717) is 18.9 Å². The Morgan fingerprint density at radius 1 is 1.00 bits per heavy atom. The number of fused-ring (bicyclic) bond motifs is 1. The van der Waals surface area contributed by atoms with Crippen LogP contribution in [0.4, 0.5) is 5.69 Å². The average Bonchev–Trinajstić information content (AvgIpc) is 2.78. The predicted molar refractivity (Wildman–Crippen MR) is 123 cm³/mol. The molecule has 0 spiro atoms. The molecule has 6 nitrogen and oxygen atoms in total. The lowest BCUT2D eigenvalue weighted by atomic mass is 10.1. The van der Waals surface area contributed by atoms with Crippen LogP contribution in [0.15, 0.2) is 59.5 Å². The third-order valence-corrected chi connectivity index (χ3v) is 7.95. The van der Waals surface area contributed by atoms with Gasteiger partial charge in [-0.05, 0) is 23.6 Å². The second-order valence-corrected chi connectivity index (χ2v) is 9.86. The quantitative estimate of drug-likeness (QED) is 0.555. The number of ether oxygens (including phenoxy) is 1. The van der Waals surface area contributed by atoms with E-state index >= 15 is 0 Å². The molecule has 0 aliphatic carbocycles. The van der Waals surface area contributed by atoms with Gasteiger partial charge in [0.25, 0.3) is 5.91 Å². The van der Waals surface area contributed by atoms with Gasteiger partial charge in [-0.25, -0.2) is 8.42 Å². The summed E-state index contributed by atoms with van der Waals surface area (Å²) >= 11 is 12.6. The number of carbonyl (C=O) groups is 1. The van der Waals surface area contributed by atoms with Crippen LogP contribution >= 0.6 is 23.2 Å². The number of benzene rings is 3. The summed E-state index contributed by atoms with van der Waals surface area (Å²) < 4.78 is 32.8. The summed E-state index contributed by atoms with van der Waals surface area (Å²) in [6, 6.07) is 15.9. The minimum absolute atomic E-state index is 0.0270. The molecule has 1 heterocycles. The minimum Gasteiger partial charge on any atom is -0.379 e. The monoisotopic (exact) mass is 478 g/mol. The molecule has 162 valence electrons. The van der Waals surface area contributed by atoms with Crippen molar-refractivity contribution in [2.24, 2.45) is 0 Å². The normalized spacial score (nSPS) is 15.2. The van der Waals surface area contributed by atoms with Gasteiger partial charge in [0.15, 0.2) is 0 Å². The molecule has 0 radical (unpaired) electrons. The summed E-state index contributed by atoms with van der Waals surface area (Å²) in [7, 11) is -2.27. The van der Waals surface area contributed by atoms with Crippen LogP contribution in [0.1, 0.15) is 10.4 Å². The summed E-state index contributed by atoms with van der Waals surface area (Å²) in [6.07, 6.45) is 0. The molecular weight excluding hydrogens is 459 g/mol. The largest absolute Gasteiger partial charge is 0.379 e. The van der Waals surface area contributed by atoms with Gasteiger partial charge < -0.3 is 9.64 Å². The Balaban J connectivity index is 1.75. The number of sulfonamides is 1. The molecule has 1 saturated heterocycles. The SMILES string of the molecule is CN(C(=O)c1cc(S(=O)(=O)N2CCOCC2)c(Cl)cc1Cl)c1cccc2ccccc12. The van der Waals surface area contributed by atoms with Crippen LogP contribution in [0.3, 0.4) is 0 Å². The van der Waals surface area contributed by atoms with Crippen LogP contribution in [0.2, 0.25) is 10.0 Å². The van der Waals surface area contributed by atoms with E-state index in [1.807, 2.05) is 42.5 Å². The zero-order valence-electron chi connectivity index (χ0n) is 16.7. The molecule has 1 aliphatic heterocycles. The Kier molecular flexibility index (Phi) is 6.23. The maximum absolute atomic E-state index is 13.3. The van der Waals surface area contributed by atoms with E-state index in [9.17, 15) is 13.2 Å². The lowest BCUT2D eigenvalue weighted by molar-refractivity contribution is 0.0730. The van der Waals surface area contributed by atoms with E-state index in [2.05, 4.69) is 0 Å². The van der Waals surface area contributed by atoms with Gasteiger partial charge in [0, 0.05) is 25.5 Å². The van der Waals surface area contributed by atoms with Crippen molar-refractivity contribution in [3.63, 3.8) is 0 Å². The van der Waals surface area contributed by atoms with Crippen LogP contribution in [0.5, 0.6) is 0 Å². The lowest BCUT2D eigenvalue weighted by Gasteiger charge is -2.27. The predicted octanol–water partition coefficient (Wildman–Crippen LogP) is 4.44. The first kappa shape index (κ1) is 22.0. The van der Waals surface area contributed by atoms with Crippen molar-refractivity contribution < 1.29 is 17.9 Å². The third kappa shape index (κ3) is 4.16. The summed E-state index contributed by atoms with van der Waals surface area (Å²) in [5.74, 6) is -0.434. The number of hydrogen-bond acceptors (Lipinski definition) is 4. The van der Waals surface area contributed by atoms with Crippen LogP contribution in [0, 0.1) is 0 Å². The highest BCUT2D eigenvalue weighted by atomic mass is 35.5. The van der Waals surface area contributed by atoms with E-state index in [1.54, 1.807) is 7.05 Å². The number of anilines is 1. The second-order valence-electron chi connectivity index (χ2n) is 7.14. The zero-order valence-corrected chi connectivity index (χ0v) is 19.0.